The van der Waals surface area contributed by atoms with Gasteiger partial charge in [0.2, 0.25) is 0 Å². The van der Waals surface area contributed by atoms with E-state index >= 15 is 0 Å². The summed E-state index contributed by atoms with van der Waals surface area (Å²) in [5, 5.41) is 5.03. The number of fused-ring (bicyclic) bond motifs is 2. The standard InChI is InChI=1S/C44H56O2P2/c1-41(2,3)35-18-16-31-25-39(37(43(7,8)9)23-33(31)21-35)45-47-27-29-14-13-15-30(20-29)28-48-46-40-26-32-17-19-36(42(4,5)6)22-34(32)24-38(40)44(10,11)12/h13-26,47-48H,27-28H2,1-12H3. The Morgan fingerprint density at radius 3 is 1.17 bits per heavy atom. The molecular weight excluding hydrogens is 622 g/mol. The number of hydrogen-bond donors (Lipinski definition) is 0. The quantitative estimate of drug-likeness (QED) is 0.152. The highest BCUT2D eigenvalue weighted by Crippen LogP contribution is 2.41. The lowest BCUT2D eigenvalue weighted by Gasteiger charge is -2.25. The SMILES string of the molecule is CC(C)(C)c1ccc2cc(OPCc3cccc(CPOc4cc5ccc(C(C)(C)C)cc5cc4C(C)(C)C)c3)c(C(C)(C)C)cc2c1. The van der Waals surface area contributed by atoms with Crippen LogP contribution in [0.1, 0.15) is 116 Å². The average Bonchev–Trinajstić information content (AvgIpc) is 2.98. The second-order valence-electron chi connectivity index (χ2n) is 17.5. The molecule has 0 aliphatic heterocycles. The zero-order valence-electron chi connectivity index (χ0n) is 31.3. The first-order valence-corrected chi connectivity index (χ1v) is 19.6. The van der Waals surface area contributed by atoms with Gasteiger partial charge in [-0.05, 0) is 89.7 Å². The van der Waals surface area contributed by atoms with E-state index in [2.05, 4.69) is 168 Å². The molecule has 0 fully saturated rings. The van der Waals surface area contributed by atoms with E-state index in [9.17, 15) is 0 Å². The first-order chi connectivity index (χ1) is 22.3. The summed E-state index contributed by atoms with van der Waals surface area (Å²) in [6.45, 7) is 27.3. The monoisotopic (exact) mass is 678 g/mol. The second kappa shape index (κ2) is 13.8. The van der Waals surface area contributed by atoms with Gasteiger partial charge >= 0.3 is 0 Å². The van der Waals surface area contributed by atoms with E-state index < -0.39 is 0 Å². The van der Waals surface area contributed by atoms with Crippen molar-refractivity contribution in [3.05, 3.63) is 118 Å². The average molecular weight is 679 g/mol. The molecule has 0 heterocycles. The summed E-state index contributed by atoms with van der Waals surface area (Å²) in [5.41, 5.74) is 8.07. The normalized spacial score (nSPS) is 13.4. The Hall–Kier alpha value is -2.92. The Bertz CT molecular complexity index is 1770. The minimum Gasteiger partial charge on any atom is -0.477 e. The molecule has 5 rings (SSSR count). The van der Waals surface area contributed by atoms with Gasteiger partial charge in [-0.2, -0.15) is 0 Å². The largest absolute Gasteiger partial charge is 0.477 e. The maximum atomic E-state index is 6.56. The molecular formula is C44H56O2P2. The molecule has 48 heavy (non-hydrogen) atoms. The van der Waals surface area contributed by atoms with Gasteiger partial charge in [0.05, 0.1) is 17.6 Å². The van der Waals surface area contributed by atoms with E-state index in [0.29, 0.717) is 17.6 Å². The Kier molecular flexibility index (Phi) is 10.4. The van der Waals surface area contributed by atoms with Crippen LogP contribution in [0.15, 0.2) is 84.9 Å². The predicted molar refractivity (Wildman–Crippen MR) is 214 cm³/mol. The lowest BCUT2D eigenvalue weighted by Crippen LogP contribution is -2.13. The summed E-state index contributed by atoms with van der Waals surface area (Å²) in [6.07, 6.45) is 1.77. The molecule has 0 amide bonds. The lowest BCUT2D eigenvalue weighted by atomic mass is 9.82. The van der Waals surface area contributed by atoms with Crippen molar-refractivity contribution in [1.82, 2.24) is 0 Å². The van der Waals surface area contributed by atoms with E-state index in [1.54, 1.807) is 0 Å². The molecule has 0 bridgehead atoms. The maximum Gasteiger partial charge on any atom is 0.127 e. The molecule has 0 aliphatic carbocycles. The summed E-state index contributed by atoms with van der Waals surface area (Å²) < 4.78 is 13.1. The van der Waals surface area contributed by atoms with E-state index in [4.69, 9.17) is 9.05 Å². The van der Waals surface area contributed by atoms with Gasteiger partial charge in [0, 0.05) is 23.5 Å². The summed E-state index contributed by atoms with van der Waals surface area (Å²) in [6, 6.07) is 31.8. The third-order valence-electron chi connectivity index (χ3n) is 9.13. The number of hydrogen-bond acceptors (Lipinski definition) is 2. The number of benzene rings is 5. The Balaban J connectivity index is 1.26. The second-order valence-corrected chi connectivity index (χ2v) is 19.2. The summed E-state index contributed by atoms with van der Waals surface area (Å²) in [7, 11) is 0.694. The molecule has 5 aromatic rings. The van der Waals surface area contributed by atoms with Crippen molar-refractivity contribution in [2.75, 3.05) is 0 Å². The molecule has 0 saturated carbocycles. The van der Waals surface area contributed by atoms with Gasteiger partial charge in [-0.25, -0.2) is 0 Å². The first kappa shape index (κ1) is 36.4. The van der Waals surface area contributed by atoms with E-state index in [0.717, 1.165) is 23.8 Å². The molecule has 0 saturated heterocycles. The van der Waals surface area contributed by atoms with Crippen LogP contribution >= 0.6 is 17.6 Å². The third kappa shape index (κ3) is 8.80. The van der Waals surface area contributed by atoms with Gasteiger partial charge < -0.3 is 9.05 Å². The van der Waals surface area contributed by atoms with E-state index in [-0.39, 0.29) is 21.7 Å². The summed E-state index contributed by atoms with van der Waals surface area (Å²) >= 11 is 0. The van der Waals surface area contributed by atoms with Crippen molar-refractivity contribution in [1.29, 1.82) is 0 Å². The molecule has 5 aromatic carbocycles. The van der Waals surface area contributed by atoms with Gasteiger partial charge in [-0.1, -0.05) is 144 Å². The van der Waals surface area contributed by atoms with Crippen LogP contribution in [-0.4, -0.2) is 0 Å². The van der Waals surface area contributed by atoms with Gasteiger partial charge in [0.15, 0.2) is 0 Å². The lowest BCUT2D eigenvalue weighted by molar-refractivity contribution is 0.542. The van der Waals surface area contributed by atoms with Crippen molar-refractivity contribution in [3.63, 3.8) is 0 Å². The molecule has 2 nitrogen and oxygen atoms in total. The van der Waals surface area contributed by atoms with Gasteiger partial charge in [-0.3, -0.25) is 0 Å². The summed E-state index contributed by atoms with van der Waals surface area (Å²) in [4.78, 5) is 0. The maximum absolute atomic E-state index is 6.56. The molecule has 254 valence electrons. The van der Waals surface area contributed by atoms with Crippen LogP contribution in [0.5, 0.6) is 11.5 Å². The fourth-order valence-electron chi connectivity index (χ4n) is 6.07. The van der Waals surface area contributed by atoms with Crippen LogP contribution in [0.4, 0.5) is 0 Å². The molecule has 0 N–H and O–H groups in total. The highest BCUT2D eigenvalue weighted by atomic mass is 31.1. The minimum absolute atomic E-state index is 0.0140. The van der Waals surface area contributed by atoms with Crippen molar-refractivity contribution in [3.8, 4) is 11.5 Å². The van der Waals surface area contributed by atoms with Crippen molar-refractivity contribution >= 4 is 39.2 Å². The van der Waals surface area contributed by atoms with Crippen molar-refractivity contribution in [2.24, 2.45) is 0 Å². The minimum atomic E-state index is -0.0140. The molecule has 0 aliphatic rings. The zero-order chi connectivity index (χ0) is 35.1. The Morgan fingerprint density at radius 2 is 0.812 bits per heavy atom. The molecule has 0 spiro atoms. The van der Waals surface area contributed by atoms with Crippen LogP contribution < -0.4 is 9.05 Å². The third-order valence-corrected chi connectivity index (χ3v) is 11.0. The van der Waals surface area contributed by atoms with Crippen LogP contribution in [-0.2, 0) is 34.0 Å². The zero-order valence-corrected chi connectivity index (χ0v) is 33.3. The van der Waals surface area contributed by atoms with Crippen molar-refractivity contribution in [2.45, 2.75) is 117 Å². The fourth-order valence-corrected chi connectivity index (χ4v) is 7.64. The van der Waals surface area contributed by atoms with Gasteiger partial charge in [0.1, 0.15) is 11.5 Å². The molecule has 2 atom stereocenters. The topological polar surface area (TPSA) is 18.5 Å². The highest BCUT2D eigenvalue weighted by molar-refractivity contribution is 7.32. The van der Waals surface area contributed by atoms with Crippen LogP contribution in [0, 0.1) is 0 Å². The molecule has 0 radical (unpaired) electrons. The van der Waals surface area contributed by atoms with Gasteiger partial charge in [-0.15, -0.1) is 0 Å². The number of rotatable bonds is 8. The van der Waals surface area contributed by atoms with E-state index in [1.807, 2.05) is 0 Å². The Morgan fingerprint density at radius 1 is 0.417 bits per heavy atom. The van der Waals surface area contributed by atoms with Crippen LogP contribution in [0.25, 0.3) is 21.5 Å². The highest BCUT2D eigenvalue weighted by Gasteiger charge is 2.23. The van der Waals surface area contributed by atoms with Gasteiger partial charge in [0.25, 0.3) is 0 Å². The van der Waals surface area contributed by atoms with Crippen LogP contribution in [0.3, 0.4) is 0 Å². The smallest absolute Gasteiger partial charge is 0.127 e. The first-order valence-electron chi connectivity index (χ1n) is 17.3. The molecule has 4 heteroatoms. The fraction of sp³-hybridized carbons (Fsp3) is 0.409. The molecule has 2 unspecified atom stereocenters. The molecule has 0 aromatic heterocycles. The predicted octanol–water partition coefficient (Wildman–Crippen LogP) is 13.5. The Labute approximate surface area is 294 Å². The van der Waals surface area contributed by atoms with E-state index in [1.165, 1.54) is 54.9 Å². The summed E-state index contributed by atoms with van der Waals surface area (Å²) in [5.74, 6) is 2.00. The van der Waals surface area contributed by atoms with Crippen LogP contribution in [0.2, 0.25) is 0 Å². The van der Waals surface area contributed by atoms with Crippen molar-refractivity contribution < 1.29 is 9.05 Å².